The number of aromatic nitrogens is 1. The standard InChI is InChI=1S/C18H22N4O6.ClH/c1-11(2)8-13(19)18(24)21-9-16(23)28-10-27-15-6-5-14(22(25)26)12-4-3-7-20-17(12)15;/h3-7,11,13H,8-10,19H2,1-2H3,(H,21,24);1H. The van der Waals surface area contributed by atoms with Crippen LogP contribution in [0.3, 0.4) is 0 Å². The van der Waals surface area contributed by atoms with Gasteiger partial charge in [-0.25, -0.2) is 0 Å². The number of amides is 1. The number of nitro benzene ring substituents is 1. The highest BCUT2D eigenvalue weighted by Crippen LogP contribution is 2.31. The molecule has 3 N–H and O–H groups in total. The molecule has 0 bridgehead atoms. The maximum atomic E-state index is 11.8. The number of hydrogen-bond donors (Lipinski definition) is 2. The van der Waals surface area contributed by atoms with Gasteiger partial charge in [-0.2, -0.15) is 0 Å². The molecular weight excluding hydrogens is 404 g/mol. The van der Waals surface area contributed by atoms with Gasteiger partial charge in [-0.1, -0.05) is 13.8 Å². The van der Waals surface area contributed by atoms with Gasteiger partial charge >= 0.3 is 5.97 Å². The first-order valence-electron chi connectivity index (χ1n) is 8.63. The average molecular weight is 427 g/mol. The Bertz CT molecular complexity index is 877. The summed E-state index contributed by atoms with van der Waals surface area (Å²) in [6.45, 7) is 3.11. The second-order valence-electron chi connectivity index (χ2n) is 6.47. The van der Waals surface area contributed by atoms with E-state index in [-0.39, 0.29) is 41.8 Å². The number of nitrogens with zero attached hydrogens (tertiary/aromatic N) is 2. The normalized spacial score (nSPS) is 11.4. The number of ether oxygens (including phenoxy) is 2. The molecule has 0 saturated carbocycles. The van der Waals surface area contributed by atoms with Crippen LogP contribution < -0.4 is 15.8 Å². The van der Waals surface area contributed by atoms with Gasteiger partial charge in [-0.3, -0.25) is 24.7 Å². The van der Waals surface area contributed by atoms with E-state index in [1.54, 1.807) is 12.1 Å². The summed E-state index contributed by atoms with van der Waals surface area (Å²) in [7, 11) is 0. The van der Waals surface area contributed by atoms with Gasteiger partial charge < -0.3 is 20.5 Å². The molecule has 0 aliphatic rings. The molecule has 29 heavy (non-hydrogen) atoms. The Morgan fingerprint density at radius 3 is 2.69 bits per heavy atom. The molecule has 2 aromatic rings. The van der Waals surface area contributed by atoms with E-state index in [9.17, 15) is 19.7 Å². The number of nitrogens with two attached hydrogens (primary N) is 1. The van der Waals surface area contributed by atoms with E-state index in [0.29, 0.717) is 11.8 Å². The van der Waals surface area contributed by atoms with Crippen LogP contribution in [-0.2, 0) is 14.3 Å². The van der Waals surface area contributed by atoms with Crippen molar-refractivity contribution in [3.8, 4) is 5.75 Å². The Kier molecular flexibility index (Phi) is 9.23. The average Bonchev–Trinajstić information content (AvgIpc) is 2.65. The number of fused-ring (bicyclic) bond motifs is 1. The van der Waals surface area contributed by atoms with Crippen LogP contribution in [0.5, 0.6) is 5.75 Å². The third kappa shape index (κ3) is 6.84. The molecule has 0 aliphatic carbocycles. The monoisotopic (exact) mass is 426 g/mol. The molecule has 158 valence electrons. The summed E-state index contributed by atoms with van der Waals surface area (Å²) >= 11 is 0. The Hall–Kier alpha value is -2.98. The van der Waals surface area contributed by atoms with Crippen LogP contribution >= 0.6 is 12.4 Å². The highest BCUT2D eigenvalue weighted by atomic mass is 35.5. The second kappa shape index (κ2) is 11.1. The zero-order chi connectivity index (χ0) is 20.7. The van der Waals surface area contributed by atoms with Crippen LogP contribution in [0.25, 0.3) is 10.9 Å². The fourth-order valence-corrected chi connectivity index (χ4v) is 2.52. The molecule has 10 nitrogen and oxygen atoms in total. The van der Waals surface area contributed by atoms with E-state index < -0.39 is 29.6 Å². The van der Waals surface area contributed by atoms with Crippen molar-refractivity contribution in [3.63, 3.8) is 0 Å². The molecule has 1 heterocycles. The van der Waals surface area contributed by atoms with Crippen molar-refractivity contribution in [3.05, 3.63) is 40.6 Å². The molecule has 1 unspecified atom stereocenters. The van der Waals surface area contributed by atoms with E-state index >= 15 is 0 Å². The quantitative estimate of drug-likeness (QED) is 0.267. The number of carbonyl (C=O) groups excluding carboxylic acids is 2. The van der Waals surface area contributed by atoms with Crippen molar-refractivity contribution in [1.82, 2.24) is 10.3 Å². The van der Waals surface area contributed by atoms with Gasteiger partial charge in [0, 0.05) is 12.3 Å². The van der Waals surface area contributed by atoms with Crippen molar-refractivity contribution in [2.75, 3.05) is 13.3 Å². The van der Waals surface area contributed by atoms with Crippen LogP contribution in [0.2, 0.25) is 0 Å². The molecule has 0 spiro atoms. The number of non-ortho nitro benzene ring substituents is 1. The lowest BCUT2D eigenvalue weighted by atomic mass is 10.0. The van der Waals surface area contributed by atoms with Crippen LogP contribution in [-0.4, -0.2) is 41.2 Å². The fraction of sp³-hybridized carbons (Fsp3) is 0.389. The van der Waals surface area contributed by atoms with Gasteiger partial charge in [0.1, 0.15) is 17.8 Å². The summed E-state index contributed by atoms with van der Waals surface area (Å²) in [4.78, 5) is 38.2. The van der Waals surface area contributed by atoms with Gasteiger partial charge in [0.2, 0.25) is 12.7 Å². The van der Waals surface area contributed by atoms with Gasteiger partial charge in [0.05, 0.1) is 16.4 Å². The largest absolute Gasteiger partial charge is 0.455 e. The summed E-state index contributed by atoms with van der Waals surface area (Å²) in [5.41, 5.74) is 5.90. The minimum atomic E-state index is -0.704. The molecule has 0 radical (unpaired) electrons. The molecule has 1 aromatic carbocycles. The number of halogens is 1. The van der Waals surface area contributed by atoms with Crippen molar-refractivity contribution >= 4 is 40.9 Å². The highest BCUT2D eigenvalue weighted by Gasteiger charge is 2.17. The summed E-state index contributed by atoms with van der Waals surface area (Å²) in [5, 5.41) is 13.8. The number of rotatable bonds is 9. The second-order valence-corrected chi connectivity index (χ2v) is 6.47. The van der Waals surface area contributed by atoms with Gasteiger partial charge in [0.25, 0.3) is 5.69 Å². The van der Waals surface area contributed by atoms with E-state index in [0.717, 1.165) is 0 Å². The number of benzene rings is 1. The van der Waals surface area contributed by atoms with Gasteiger partial charge in [-0.05, 0) is 30.5 Å². The molecule has 0 fully saturated rings. The SMILES string of the molecule is CC(C)CC(N)C(=O)NCC(=O)OCOc1ccc([N+](=O)[O-])c2cccnc12.Cl. The third-order valence-corrected chi connectivity index (χ3v) is 3.81. The van der Waals surface area contributed by atoms with Gasteiger partial charge in [0.15, 0.2) is 0 Å². The summed E-state index contributed by atoms with van der Waals surface area (Å²) in [6, 6.07) is 5.11. The van der Waals surface area contributed by atoms with Crippen LogP contribution in [0.4, 0.5) is 5.69 Å². The molecule has 11 heteroatoms. The van der Waals surface area contributed by atoms with Gasteiger partial charge in [-0.15, -0.1) is 12.4 Å². The summed E-state index contributed by atoms with van der Waals surface area (Å²) in [5.74, 6) is -0.648. The first-order chi connectivity index (χ1) is 13.3. The summed E-state index contributed by atoms with van der Waals surface area (Å²) in [6.07, 6.45) is 1.98. The molecular formula is C18H23ClN4O6. The van der Waals surface area contributed by atoms with Crippen molar-refractivity contribution in [2.24, 2.45) is 11.7 Å². The topological polar surface area (TPSA) is 147 Å². The Balaban J connectivity index is 0.00000420. The molecule has 0 saturated heterocycles. The number of nitrogens with one attached hydrogen (secondary N) is 1. The Morgan fingerprint density at radius 2 is 2.03 bits per heavy atom. The zero-order valence-corrected chi connectivity index (χ0v) is 16.8. The van der Waals surface area contributed by atoms with Crippen LogP contribution in [0.15, 0.2) is 30.5 Å². The van der Waals surface area contributed by atoms with E-state index in [1.807, 2.05) is 13.8 Å². The van der Waals surface area contributed by atoms with Crippen molar-refractivity contribution in [1.29, 1.82) is 0 Å². The van der Waals surface area contributed by atoms with Crippen LogP contribution in [0, 0.1) is 16.0 Å². The minimum absolute atomic E-state index is 0. The minimum Gasteiger partial charge on any atom is -0.455 e. The smallest absolute Gasteiger partial charge is 0.328 e. The lowest BCUT2D eigenvalue weighted by molar-refractivity contribution is -0.383. The van der Waals surface area contributed by atoms with Crippen LogP contribution in [0.1, 0.15) is 20.3 Å². The van der Waals surface area contributed by atoms with Crippen molar-refractivity contribution < 1.29 is 24.0 Å². The van der Waals surface area contributed by atoms with E-state index in [2.05, 4.69) is 10.3 Å². The highest BCUT2D eigenvalue weighted by molar-refractivity contribution is 5.92. The first kappa shape index (κ1) is 24.1. The Morgan fingerprint density at radius 1 is 1.31 bits per heavy atom. The molecule has 0 aliphatic heterocycles. The number of esters is 1. The van der Waals surface area contributed by atoms with E-state index in [1.165, 1.54) is 18.3 Å². The third-order valence-electron chi connectivity index (χ3n) is 3.81. The number of nitro groups is 1. The maximum Gasteiger partial charge on any atom is 0.328 e. The number of carbonyl (C=O) groups is 2. The maximum absolute atomic E-state index is 11.8. The van der Waals surface area contributed by atoms with Crippen molar-refractivity contribution in [2.45, 2.75) is 26.3 Å². The molecule has 1 aromatic heterocycles. The fourth-order valence-electron chi connectivity index (χ4n) is 2.52. The zero-order valence-electron chi connectivity index (χ0n) is 16.0. The molecule has 1 amide bonds. The predicted molar refractivity (Wildman–Crippen MR) is 108 cm³/mol. The first-order valence-corrected chi connectivity index (χ1v) is 8.63. The lowest BCUT2D eigenvalue weighted by Crippen LogP contribution is -2.43. The molecule has 2 rings (SSSR count). The number of pyridine rings is 1. The summed E-state index contributed by atoms with van der Waals surface area (Å²) < 4.78 is 10.3. The Labute approximate surface area is 173 Å². The lowest BCUT2D eigenvalue weighted by Gasteiger charge is -2.14. The molecule has 1 atom stereocenters. The number of hydrogen-bond acceptors (Lipinski definition) is 8. The predicted octanol–water partition coefficient (Wildman–Crippen LogP) is 1.93. The van der Waals surface area contributed by atoms with E-state index in [4.69, 9.17) is 15.2 Å².